The highest BCUT2D eigenvalue weighted by molar-refractivity contribution is 6.31. The minimum atomic E-state index is 0.0201. The van der Waals surface area contributed by atoms with E-state index in [-0.39, 0.29) is 5.91 Å². The average Bonchev–Trinajstić information content (AvgIpc) is 3.02. The number of carbonyl (C=O) groups is 1. The molecule has 1 saturated carbocycles. The van der Waals surface area contributed by atoms with Crippen LogP contribution in [0.2, 0.25) is 5.02 Å². The lowest BCUT2D eigenvalue weighted by molar-refractivity contribution is -0.115. The highest BCUT2D eigenvalue weighted by Crippen LogP contribution is 2.37. The molecule has 1 amide bonds. The molecule has 0 spiro atoms. The van der Waals surface area contributed by atoms with Gasteiger partial charge in [0.2, 0.25) is 5.91 Å². The van der Waals surface area contributed by atoms with Gasteiger partial charge in [-0.25, -0.2) is 0 Å². The number of hydrogen-bond donors (Lipinski definition) is 1. The fourth-order valence-electron chi connectivity index (χ4n) is 1.91. The van der Waals surface area contributed by atoms with E-state index in [1.54, 1.807) is 18.2 Å². The van der Waals surface area contributed by atoms with Gasteiger partial charge in [0.15, 0.2) is 0 Å². The lowest BCUT2D eigenvalue weighted by atomic mass is 10.2. The first kappa shape index (κ1) is 9.85. The molecule has 1 fully saturated rings. The van der Waals surface area contributed by atoms with Crippen LogP contribution in [0.5, 0.6) is 0 Å². The number of benzene rings is 1. The number of rotatable bonds is 1. The van der Waals surface area contributed by atoms with Crippen LogP contribution in [0.4, 0.5) is 11.4 Å². The predicted molar refractivity (Wildman–Crippen MR) is 64.5 cm³/mol. The van der Waals surface area contributed by atoms with Gasteiger partial charge in [-0.3, -0.25) is 9.79 Å². The molecule has 16 heavy (non-hydrogen) atoms. The maximum Gasteiger partial charge on any atom is 0.230 e. The van der Waals surface area contributed by atoms with E-state index in [0.29, 0.717) is 17.4 Å². The van der Waals surface area contributed by atoms with Crippen molar-refractivity contribution in [3.05, 3.63) is 23.2 Å². The van der Waals surface area contributed by atoms with E-state index in [0.717, 1.165) is 29.9 Å². The molecule has 4 heteroatoms. The Morgan fingerprint density at radius 2 is 2.19 bits per heavy atom. The van der Waals surface area contributed by atoms with Crippen LogP contribution in [0.15, 0.2) is 23.2 Å². The van der Waals surface area contributed by atoms with Gasteiger partial charge in [-0.05, 0) is 37.0 Å². The summed E-state index contributed by atoms with van der Waals surface area (Å²) in [5.74, 6) is 0.530. The molecule has 1 N–H and O–H groups in total. The van der Waals surface area contributed by atoms with Crippen molar-refractivity contribution in [2.24, 2.45) is 10.9 Å². The molecule has 0 bridgehead atoms. The number of fused-ring (bicyclic) bond motifs is 1. The number of aliphatic imine (C=N–C) groups is 1. The summed E-state index contributed by atoms with van der Waals surface area (Å²) in [5.41, 5.74) is 2.53. The molecule has 0 atom stereocenters. The van der Waals surface area contributed by atoms with Gasteiger partial charge in [-0.1, -0.05) is 11.6 Å². The first-order valence-electron chi connectivity index (χ1n) is 5.39. The van der Waals surface area contributed by atoms with Crippen molar-refractivity contribution in [2.75, 3.05) is 5.32 Å². The lowest BCUT2D eigenvalue weighted by Crippen LogP contribution is -2.15. The number of amides is 1. The first-order valence-corrected chi connectivity index (χ1v) is 5.77. The van der Waals surface area contributed by atoms with Gasteiger partial charge >= 0.3 is 0 Å². The van der Waals surface area contributed by atoms with Crippen LogP contribution in [0.25, 0.3) is 0 Å². The summed E-state index contributed by atoms with van der Waals surface area (Å²) in [5, 5.41) is 3.50. The molecule has 3 nitrogen and oxygen atoms in total. The zero-order valence-corrected chi connectivity index (χ0v) is 9.42. The summed E-state index contributed by atoms with van der Waals surface area (Å²) < 4.78 is 0. The third kappa shape index (κ3) is 1.83. The van der Waals surface area contributed by atoms with E-state index in [9.17, 15) is 4.79 Å². The molecular formula is C12H11ClN2O. The lowest BCUT2D eigenvalue weighted by Gasteiger charge is -2.03. The molecule has 1 aliphatic carbocycles. The molecule has 0 radical (unpaired) electrons. The largest absolute Gasteiger partial charge is 0.324 e. The van der Waals surface area contributed by atoms with E-state index in [4.69, 9.17) is 11.6 Å². The van der Waals surface area contributed by atoms with Crippen molar-refractivity contribution in [1.29, 1.82) is 0 Å². The van der Waals surface area contributed by atoms with Gasteiger partial charge < -0.3 is 5.32 Å². The van der Waals surface area contributed by atoms with Gasteiger partial charge in [0.25, 0.3) is 0 Å². The summed E-state index contributed by atoms with van der Waals surface area (Å²) in [7, 11) is 0. The number of nitrogens with zero attached hydrogens (tertiary/aromatic N) is 1. The zero-order valence-electron chi connectivity index (χ0n) is 8.66. The molecular weight excluding hydrogens is 224 g/mol. The van der Waals surface area contributed by atoms with Gasteiger partial charge in [-0.15, -0.1) is 0 Å². The van der Waals surface area contributed by atoms with E-state index in [2.05, 4.69) is 10.3 Å². The number of anilines is 1. The third-order valence-corrected chi connectivity index (χ3v) is 3.12. The van der Waals surface area contributed by atoms with Gasteiger partial charge in [0.1, 0.15) is 0 Å². The number of carbonyl (C=O) groups excluding carboxylic acids is 1. The summed E-state index contributed by atoms with van der Waals surface area (Å²) in [6, 6.07) is 5.36. The molecule has 3 rings (SSSR count). The fourth-order valence-corrected chi connectivity index (χ4v) is 2.07. The Kier molecular flexibility index (Phi) is 2.21. The summed E-state index contributed by atoms with van der Waals surface area (Å²) in [6.07, 6.45) is 2.72. The van der Waals surface area contributed by atoms with Crippen molar-refractivity contribution in [3.8, 4) is 0 Å². The van der Waals surface area contributed by atoms with Crippen LogP contribution >= 0.6 is 11.6 Å². The van der Waals surface area contributed by atoms with E-state index in [1.165, 1.54) is 0 Å². The third-order valence-electron chi connectivity index (χ3n) is 2.89. The summed E-state index contributed by atoms with van der Waals surface area (Å²) in [6.45, 7) is 0. The predicted octanol–water partition coefficient (Wildman–Crippen LogP) is 3.16. The molecule has 0 saturated heterocycles. The van der Waals surface area contributed by atoms with Crippen molar-refractivity contribution >= 4 is 34.6 Å². The molecule has 1 aromatic rings. The molecule has 1 aliphatic heterocycles. The van der Waals surface area contributed by atoms with Crippen LogP contribution in [-0.2, 0) is 4.79 Å². The number of nitrogens with one attached hydrogen (secondary N) is 1. The maximum absolute atomic E-state index is 11.6. The Labute approximate surface area is 98.5 Å². The number of halogens is 1. The maximum atomic E-state index is 11.6. The number of hydrogen-bond acceptors (Lipinski definition) is 2. The van der Waals surface area contributed by atoms with Gasteiger partial charge in [0.05, 0.1) is 17.8 Å². The van der Waals surface area contributed by atoms with E-state index in [1.807, 2.05) is 0 Å². The Bertz CT molecular complexity index is 492. The van der Waals surface area contributed by atoms with Crippen LogP contribution in [0.3, 0.4) is 0 Å². The SMILES string of the molecule is O=C1CC(C2CC2)=Nc2cc(Cl)ccc2N1. The van der Waals surface area contributed by atoms with Crippen LogP contribution in [0, 0.1) is 5.92 Å². The molecule has 82 valence electrons. The van der Waals surface area contributed by atoms with E-state index >= 15 is 0 Å². The molecule has 0 unspecified atom stereocenters. The second-order valence-corrected chi connectivity index (χ2v) is 4.70. The second kappa shape index (κ2) is 3.59. The minimum absolute atomic E-state index is 0.0201. The molecule has 2 aliphatic rings. The van der Waals surface area contributed by atoms with Crippen LogP contribution < -0.4 is 5.32 Å². The zero-order chi connectivity index (χ0) is 11.1. The Morgan fingerprint density at radius 1 is 1.38 bits per heavy atom. The average molecular weight is 235 g/mol. The van der Waals surface area contributed by atoms with Crippen molar-refractivity contribution in [1.82, 2.24) is 0 Å². The quantitative estimate of drug-likeness (QED) is 0.797. The smallest absolute Gasteiger partial charge is 0.230 e. The van der Waals surface area contributed by atoms with Crippen LogP contribution in [0.1, 0.15) is 19.3 Å². The standard InChI is InChI=1S/C12H11ClN2O/c13-8-3-4-9-11(5-8)14-10(7-1-2-7)6-12(16)15-9/h3-5,7H,1-2,6H2,(H,15,16). The summed E-state index contributed by atoms with van der Waals surface area (Å²) in [4.78, 5) is 16.2. The Hall–Kier alpha value is -1.35. The monoisotopic (exact) mass is 234 g/mol. The molecule has 0 aromatic heterocycles. The molecule has 1 heterocycles. The van der Waals surface area contributed by atoms with Gasteiger partial charge in [0, 0.05) is 10.7 Å². The molecule has 1 aromatic carbocycles. The minimum Gasteiger partial charge on any atom is -0.324 e. The normalized spacial score (nSPS) is 19.6. The highest BCUT2D eigenvalue weighted by Gasteiger charge is 2.30. The van der Waals surface area contributed by atoms with Crippen molar-refractivity contribution in [2.45, 2.75) is 19.3 Å². The highest BCUT2D eigenvalue weighted by atomic mass is 35.5. The second-order valence-electron chi connectivity index (χ2n) is 4.26. The van der Waals surface area contributed by atoms with E-state index < -0.39 is 0 Å². The fraction of sp³-hybridized carbons (Fsp3) is 0.333. The Balaban J connectivity index is 2.07. The first-order chi connectivity index (χ1) is 7.72. The topological polar surface area (TPSA) is 41.5 Å². The van der Waals surface area contributed by atoms with Crippen molar-refractivity contribution < 1.29 is 4.79 Å². The van der Waals surface area contributed by atoms with Crippen LogP contribution in [-0.4, -0.2) is 11.6 Å². The summed E-state index contributed by atoms with van der Waals surface area (Å²) >= 11 is 5.93. The van der Waals surface area contributed by atoms with Gasteiger partial charge in [-0.2, -0.15) is 0 Å². The Morgan fingerprint density at radius 3 is 2.94 bits per heavy atom. The van der Waals surface area contributed by atoms with Crippen molar-refractivity contribution in [3.63, 3.8) is 0 Å².